The van der Waals surface area contributed by atoms with Gasteiger partial charge in [-0.2, -0.15) is 0 Å². The van der Waals surface area contributed by atoms with E-state index in [2.05, 4.69) is 12.2 Å². The number of fused-ring (bicyclic) bond motifs is 1. The summed E-state index contributed by atoms with van der Waals surface area (Å²) in [5.74, 6) is -3.03. The number of hydrogen-bond acceptors (Lipinski definition) is 5. The summed E-state index contributed by atoms with van der Waals surface area (Å²) >= 11 is 0. The Hall–Kier alpha value is -2.27. The van der Waals surface area contributed by atoms with Crippen molar-refractivity contribution < 1.29 is 24.2 Å². The summed E-state index contributed by atoms with van der Waals surface area (Å²) in [6.07, 6.45) is 10.3. The largest absolute Gasteiger partial charge is 0.427 e. The molecule has 5 nitrogen and oxygen atoms in total. The molecule has 2 aliphatic rings. The SMILES string of the molecule is CCC(C)C(=O)[C@@H]1C(=O)[C@]2(O)/C(=C/C=C(C)C)OC(=O)[C@]2(C)C[C@H](CC=C(C)C)[C@@]1(C)CCC=C(C)C. The van der Waals surface area contributed by atoms with Gasteiger partial charge in [0.05, 0.1) is 5.92 Å². The van der Waals surface area contributed by atoms with E-state index in [1.165, 1.54) is 11.6 Å². The van der Waals surface area contributed by atoms with Crippen molar-refractivity contribution in [3.8, 4) is 0 Å². The highest BCUT2D eigenvalue weighted by Crippen LogP contribution is 2.60. The molecule has 0 radical (unpaired) electrons. The number of cyclic esters (lactones) is 1. The van der Waals surface area contributed by atoms with Crippen LogP contribution in [-0.4, -0.2) is 28.2 Å². The van der Waals surface area contributed by atoms with Gasteiger partial charge in [-0.15, -0.1) is 0 Å². The average molecular weight is 513 g/mol. The van der Waals surface area contributed by atoms with Crippen LogP contribution >= 0.6 is 0 Å². The fraction of sp³-hybridized carbons (Fsp3) is 0.656. The number of esters is 1. The fourth-order valence-electron chi connectivity index (χ4n) is 5.89. The highest BCUT2D eigenvalue weighted by Gasteiger charge is 2.72. The molecule has 1 aliphatic carbocycles. The van der Waals surface area contributed by atoms with Crippen LogP contribution < -0.4 is 0 Å². The first-order valence-corrected chi connectivity index (χ1v) is 13.7. The molecule has 0 spiro atoms. The minimum absolute atomic E-state index is 0.0670. The molecule has 2 rings (SSSR count). The lowest BCUT2D eigenvalue weighted by molar-refractivity contribution is -0.158. The van der Waals surface area contributed by atoms with E-state index in [-0.39, 0.29) is 29.8 Å². The second kappa shape index (κ2) is 11.6. The monoisotopic (exact) mass is 512 g/mol. The number of carbonyl (C=O) groups excluding carboxylic acids is 3. The Labute approximate surface area is 224 Å². The maximum absolute atomic E-state index is 14.6. The summed E-state index contributed by atoms with van der Waals surface area (Å²) in [6.45, 7) is 19.3. The van der Waals surface area contributed by atoms with Crippen molar-refractivity contribution in [2.45, 2.75) is 107 Å². The molecular formula is C32H48O5. The smallest absolute Gasteiger partial charge is 0.320 e. The van der Waals surface area contributed by atoms with Crippen molar-refractivity contribution in [2.75, 3.05) is 0 Å². The third-order valence-electron chi connectivity index (χ3n) is 8.67. The predicted octanol–water partition coefficient (Wildman–Crippen LogP) is 7.06. The number of rotatable bonds is 9. The first-order chi connectivity index (χ1) is 17.1. The molecule has 0 aromatic rings. The van der Waals surface area contributed by atoms with E-state index in [1.807, 2.05) is 62.3 Å². The standard InChI is InChI=1S/C32H48O5/c1-11-23(8)27(33)26-28(34)32(36)25(17-15-22(6)7)37-29(35)31(32,10)19-24(16-14-21(4)5)30(26,9)18-12-13-20(2)3/h13-15,17,23-24,26,36H,11-12,16,18-19H2,1-10H3/b25-17-/t23?,24-,26+,30+,31-,32+/m0/s1. The molecule has 1 aliphatic heterocycles. The molecule has 1 heterocycles. The summed E-state index contributed by atoms with van der Waals surface area (Å²) in [6, 6.07) is 0. The molecule has 0 aromatic heterocycles. The maximum Gasteiger partial charge on any atom is 0.320 e. The van der Waals surface area contributed by atoms with Crippen LogP contribution in [0.15, 0.2) is 46.8 Å². The average Bonchev–Trinajstić information content (AvgIpc) is 2.97. The lowest BCUT2D eigenvalue weighted by Gasteiger charge is -2.42. The molecular weight excluding hydrogens is 464 g/mol. The molecule has 37 heavy (non-hydrogen) atoms. The number of ketones is 2. The zero-order valence-corrected chi connectivity index (χ0v) is 24.7. The van der Waals surface area contributed by atoms with Gasteiger partial charge in [0.1, 0.15) is 17.0 Å². The number of aliphatic hydroxyl groups is 1. The van der Waals surface area contributed by atoms with Gasteiger partial charge in [-0.1, -0.05) is 55.7 Å². The molecule has 206 valence electrons. The Morgan fingerprint density at radius 1 is 1.05 bits per heavy atom. The van der Waals surface area contributed by atoms with Crippen molar-refractivity contribution >= 4 is 17.5 Å². The summed E-state index contributed by atoms with van der Waals surface area (Å²) in [7, 11) is 0. The van der Waals surface area contributed by atoms with E-state index in [0.29, 0.717) is 25.7 Å². The minimum atomic E-state index is -2.21. The van der Waals surface area contributed by atoms with Gasteiger partial charge in [0.2, 0.25) is 0 Å². The van der Waals surface area contributed by atoms with Gasteiger partial charge in [0.25, 0.3) is 0 Å². The fourth-order valence-corrected chi connectivity index (χ4v) is 5.89. The van der Waals surface area contributed by atoms with Crippen molar-refractivity contribution in [1.29, 1.82) is 0 Å². The van der Waals surface area contributed by atoms with Crippen molar-refractivity contribution in [2.24, 2.45) is 28.6 Å². The summed E-state index contributed by atoms with van der Waals surface area (Å²) in [4.78, 5) is 42.1. The van der Waals surface area contributed by atoms with Gasteiger partial charge < -0.3 is 9.84 Å². The third kappa shape index (κ3) is 5.77. The van der Waals surface area contributed by atoms with Gasteiger partial charge in [0, 0.05) is 5.92 Å². The molecule has 6 atom stereocenters. The Balaban J connectivity index is 2.90. The number of carbonyl (C=O) groups is 3. The topological polar surface area (TPSA) is 80.7 Å². The van der Waals surface area contributed by atoms with Crippen LogP contribution in [0.1, 0.15) is 101 Å². The Kier molecular flexibility index (Phi) is 9.73. The number of Topliss-reactive ketones (excluding diaryl/α,β-unsaturated/α-hetero) is 2. The second-order valence-corrected chi connectivity index (χ2v) is 12.5. The van der Waals surface area contributed by atoms with Crippen LogP contribution in [0.25, 0.3) is 0 Å². The third-order valence-corrected chi connectivity index (χ3v) is 8.67. The van der Waals surface area contributed by atoms with E-state index in [4.69, 9.17) is 4.74 Å². The minimum Gasteiger partial charge on any atom is -0.427 e. The first-order valence-electron chi connectivity index (χ1n) is 13.7. The van der Waals surface area contributed by atoms with Gasteiger partial charge >= 0.3 is 5.97 Å². The highest BCUT2D eigenvalue weighted by molar-refractivity contribution is 6.12. The number of ether oxygens (including phenoxy) is 1. The van der Waals surface area contributed by atoms with Gasteiger partial charge in [0.15, 0.2) is 11.4 Å². The molecule has 1 saturated heterocycles. The second-order valence-electron chi connectivity index (χ2n) is 12.5. The van der Waals surface area contributed by atoms with Crippen molar-refractivity contribution in [3.63, 3.8) is 0 Å². The van der Waals surface area contributed by atoms with E-state index in [0.717, 1.165) is 11.1 Å². The quantitative estimate of drug-likeness (QED) is 0.203. The van der Waals surface area contributed by atoms with Crippen LogP contribution in [0.5, 0.6) is 0 Å². The predicted molar refractivity (Wildman–Crippen MR) is 149 cm³/mol. The first kappa shape index (κ1) is 31.0. The van der Waals surface area contributed by atoms with Crippen molar-refractivity contribution in [3.05, 3.63) is 46.8 Å². The lowest BCUT2D eigenvalue weighted by Crippen LogP contribution is -2.56. The molecule has 0 aromatic carbocycles. The summed E-state index contributed by atoms with van der Waals surface area (Å²) in [5, 5.41) is 12.3. The summed E-state index contributed by atoms with van der Waals surface area (Å²) < 4.78 is 5.63. The Morgan fingerprint density at radius 3 is 2.16 bits per heavy atom. The number of hydrogen-bond donors (Lipinski definition) is 1. The maximum atomic E-state index is 14.6. The van der Waals surface area contributed by atoms with Gasteiger partial charge in [-0.25, -0.2) is 0 Å². The number of allylic oxidation sites excluding steroid dienone is 7. The summed E-state index contributed by atoms with van der Waals surface area (Å²) in [5.41, 5.74) is -1.21. The van der Waals surface area contributed by atoms with Crippen LogP contribution in [-0.2, 0) is 19.1 Å². The van der Waals surface area contributed by atoms with Gasteiger partial charge in [-0.05, 0) is 98.0 Å². The zero-order valence-electron chi connectivity index (χ0n) is 24.7. The van der Waals surface area contributed by atoms with Crippen molar-refractivity contribution in [1.82, 2.24) is 0 Å². The molecule has 1 N–H and O–H groups in total. The van der Waals surface area contributed by atoms with Gasteiger partial charge in [-0.3, -0.25) is 14.4 Å². The Morgan fingerprint density at radius 2 is 1.65 bits per heavy atom. The van der Waals surface area contributed by atoms with Crippen LogP contribution in [0.2, 0.25) is 0 Å². The highest BCUT2D eigenvalue weighted by atomic mass is 16.6. The normalized spacial score (nSPS) is 33.2. The van der Waals surface area contributed by atoms with E-state index >= 15 is 0 Å². The van der Waals surface area contributed by atoms with Crippen LogP contribution in [0, 0.1) is 28.6 Å². The molecule has 0 amide bonds. The molecule has 1 unspecified atom stereocenters. The molecule has 1 saturated carbocycles. The molecule has 5 heteroatoms. The lowest BCUT2D eigenvalue weighted by atomic mass is 9.60. The Bertz CT molecular complexity index is 1030. The molecule has 2 fully saturated rings. The van der Waals surface area contributed by atoms with E-state index in [1.54, 1.807) is 13.0 Å². The van der Waals surface area contributed by atoms with E-state index < -0.39 is 34.1 Å². The van der Waals surface area contributed by atoms with Crippen LogP contribution in [0.4, 0.5) is 0 Å². The van der Waals surface area contributed by atoms with E-state index in [9.17, 15) is 19.5 Å². The van der Waals surface area contributed by atoms with Crippen LogP contribution in [0.3, 0.4) is 0 Å². The zero-order chi connectivity index (χ0) is 28.3. The molecule has 0 bridgehead atoms.